The Labute approximate surface area is 183 Å². The maximum Gasteiger partial charge on any atom is 0.494 e. The molecular formula is C22H23BF4N2O3. The Morgan fingerprint density at radius 1 is 1.09 bits per heavy atom. The van der Waals surface area contributed by atoms with Crippen LogP contribution in [0.5, 0.6) is 0 Å². The van der Waals surface area contributed by atoms with Gasteiger partial charge in [0.05, 0.1) is 22.5 Å². The number of nitrogens with one attached hydrogen (secondary N) is 1. The molecule has 0 aromatic heterocycles. The van der Waals surface area contributed by atoms with E-state index in [1.165, 1.54) is 4.90 Å². The van der Waals surface area contributed by atoms with E-state index >= 15 is 0 Å². The van der Waals surface area contributed by atoms with E-state index in [0.29, 0.717) is 24.7 Å². The lowest BCUT2D eigenvalue weighted by Gasteiger charge is -2.32. The van der Waals surface area contributed by atoms with Crippen molar-refractivity contribution in [2.45, 2.75) is 51.5 Å². The molecule has 1 fully saturated rings. The number of urea groups is 1. The second-order valence-corrected chi connectivity index (χ2v) is 8.97. The summed E-state index contributed by atoms with van der Waals surface area (Å²) < 4.78 is 65.2. The summed E-state index contributed by atoms with van der Waals surface area (Å²) in [5, 5.41) is 2.26. The smallest absolute Gasteiger partial charge is 0.399 e. The van der Waals surface area contributed by atoms with Crippen molar-refractivity contribution in [3.05, 3.63) is 53.3 Å². The van der Waals surface area contributed by atoms with Gasteiger partial charge in [-0.2, -0.15) is 13.2 Å². The predicted molar refractivity (Wildman–Crippen MR) is 114 cm³/mol. The Balaban J connectivity index is 1.53. The van der Waals surface area contributed by atoms with Crippen LogP contribution >= 0.6 is 0 Å². The normalized spacial score (nSPS) is 19.2. The summed E-state index contributed by atoms with van der Waals surface area (Å²) in [5.74, 6) is -1.51. The van der Waals surface area contributed by atoms with Gasteiger partial charge in [0.2, 0.25) is 0 Å². The average molecular weight is 450 g/mol. The quantitative estimate of drug-likeness (QED) is 0.532. The van der Waals surface area contributed by atoms with E-state index in [1.54, 1.807) is 12.1 Å². The van der Waals surface area contributed by atoms with Gasteiger partial charge in [-0.1, -0.05) is 18.2 Å². The molecule has 2 amide bonds. The van der Waals surface area contributed by atoms with Crippen LogP contribution in [0.3, 0.4) is 0 Å². The van der Waals surface area contributed by atoms with Crippen molar-refractivity contribution in [3.8, 4) is 0 Å². The first-order valence-corrected chi connectivity index (χ1v) is 10.2. The van der Waals surface area contributed by atoms with Crippen molar-refractivity contribution in [2.24, 2.45) is 0 Å². The van der Waals surface area contributed by atoms with Gasteiger partial charge < -0.3 is 14.6 Å². The van der Waals surface area contributed by atoms with E-state index in [4.69, 9.17) is 9.31 Å². The molecule has 10 heteroatoms. The van der Waals surface area contributed by atoms with E-state index in [1.807, 2.05) is 33.8 Å². The monoisotopic (exact) mass is 450 g/mol. The van der Waals surface area contributed by atoms with Gasteiger partial charge in [0.25, 0.3) is 0 Å². The number of nitrogens with zero attached hydrogens (tertiary/aromatic N) is 1. The molecule has 2 aromatic rings. The number of hydrogen-bond acceptors (Lipinski definition) is 3. The zero-order valence-electron chi connectivity index (χ0n) is 18.1. The van der Waals surface area contributed by atoms with Gasteiger partial charge >= 0.3 is 19.3 Å². The highest BCUT2D eigenvalue weighted by Crippen LogP contribution is 2.37. The molecular weight excluding hydrogens is 427 g/mol. The summed E-state index contributed by atoms with van der Waals surface area (Å²) in [4.78, 5) is 14.1. The van der Waals surface area contributed by atoms with Crippen molar-refractivity contribution in [1.29, 1.82) is 0 Å². The van der Waals surface area contributed by atoms with Crippen LogP contribution < -0.4 is 15.7 Å². The highest BCUT2D eigenvalue weighted by Gasteiger charge is 2.51. The molecule has 32 heavy (non-hydrogen) atoms. The molecule has 0 aliphatic carbocycles. The average Bonchev–Trinajstić information content (AvgIpc) is 3.19. The number of anilines is 2. The van der Waals surface area contributed by atoms with E-state index in [-0.39, 0.29) is 0 Å². The van der Waals surface area contributed by atoms with Crippen LogP contribution in [0.25, 0.3) is 0 Å². The third kappa shape index (κ3) is 3.86. The van der Waals surface area contributed by atoms with Gasteiger partial charge in [-0.25, -0.2) is 9.18 Å². The molecule has 0 atom stereocenters. The van der Waals surface area contributed by atoms with Crippen LogP contribution in [0, 0.1) is 5.82 Å². The number of carbonyl (C=O) groups excluding carboxylic acids is 1. The molecule has 2 aliphatic rings. The lowest BCUT2D eigenvalue weighted by molar-refractivity contribution is -0.139. The summed E-state index contributed by atoms with van der Waals surface area (Å²) in [7, 11) is -0.549. The molecule has 0 radical (unpaired) electrons. The number of alkyl halides is 3. The Hall–Kier alpha value is -2.59. The molecule has 1 N–H and O–H groups in total. The molecule has 5 nitrogen and oxygen atoms in total. The van der Waals surface area contributed by atoms with Crippen molar-refractivity contribution in [3.63, 3.8) is 0 Å². The third-order valence-electron chi connectivity index (χ3n) is 6.32. The minimum atomic E-state index is -4.85. The number of rotatable bonds is 2. The first-order valence-electron chi connectivity index (χ1n) is 10.2. The lowest BCUT2D eigenvalue weighted by atomic mass is 9.78. The lowest BCUT2D eigenvalue weighted by Crippen LogP contribution is -2.41. The zero-order chi connectivity index (χ0) is 23.5. The minimum Gasteiger partial charge on any atom is -0.399 e. The SMILES string of the molecule is CC1(C)OB(c2ccc3c(c2)CCN3C(=O)Nc2cccc(C(F)(F)F)c2F)OC1(C)C. The molecule has 4 rings (SSSR count). The summed E-state index contributed by atoms with van der Waals surface area (Å²) in [6, 6.07) is 7.51. The minimum absolute atomic E-state index is 0.314. The molecule has 2 aromatic carbocycles. The van der Waals surface area contributed by atoms with Crippen LogP contribution in [-0.2, 0) is 21.9 Å². The summed E-state index contributed by atoms with van der Waals surface area (Å²) >= 11 is 0. The molecule has 0 spiro atoms. The number of hydrogen-bond donors (Lipinski definition) is 1. The fourth-order valence-electron chi connectivity index (χ4n) is 3.79. The number of benzene rings is 2. The number of carbonyl (C=O) groups is 1. The Morgan fingerprint density at radius 3 is 2.38 bits per heavy atom. The van der Waals surface area contributed by atoms with Crippen molar-refractivity contribution >= 4 is 30.0 Å². The van der Waals surface area contributed by atoms with Crippen molar-refractivity contribution in [1.82, 2.24) is 0 Å². The Bertz CT molecular complexity index is 1060. The number of amides is 2. The van der Waals surface area contributed by atoms with E-state index in [2.05, 4.69) is 5.32 Å². The van der Waals surface area contributed by atoms with E-state index < -0.39 is 47.6 Å². The molecule has 1 saturated heterocycles. The maximum absolute atomic E-state index is 14.3. The van der Waals surface area contributed by atoms with E-state index in [9.17, 15) is 22.4 Å². The van der Waals surface area contributed by atoms with E-state index in [0.717, 1.165) is 23.2 Å². The van der Waals surface area contributed by atoms with Gasteiger partial charge in [0.1, 0.15) is 0 Å². The molecule has 0 saturated carbocycles. The van der Waals surface area contributed by atoms with Gasteiger partial charge in [0, 0.05) is 12.2 Å². The second kappa shape index (κ2) is 7.49. The van der Waals surface area contributed by atoms with Crippen molar-refractivity contribution < 1.29 is 31.7 Å². The van der Waals surface area contributed by atoms with Gasteiger partial charge in [-0.05, 0) is 63.3 Å². The van der Waals surface area contributed by atoms with Gasteiger partial charge in [0.15, 0.2) is 5.82 Å². The van der Waals surface area contributed by atoms with Crippen LogP contribution in [-0.4, -0.2) is 30.9 Å². The van der Waals surface area contributed by atoms with Crippen LogP contribution in [0.4, 0.5) is 33.7 Å². The van der Waals surface area contributed by atoms with Crippen LogP contribution in [0.2, 0.25) is 0 Å². The fourth-order valence-corrected chi connectivity index (χ4v) is 3.79. The summed E-state index contributed by atoms with van der Waals surface area (Å²) in [6.45, 7) is 8.14. The van der Waals surface area contributed by atoms with Crippen LogP contribution in [0.15, 0.2) is 36.4 Å². The Kier molecular flexibility index (Phi) is 5.29. The number of halogens is 4. The highest BCUT2D eigenvalue weighted by atomic mass is 19.4. The zero-order valence-corrected chi connectivity index (χ0v) is 18.1. The first-order chi connectivity index (χ1) is 14.8. The van der Waals surface area contributed by atoms with Gasteiger partial charge in [-0.15, -0.1) is 0 Å². The maximum atomic E-state index is 14.3. The largest absolute Gasteiger partial charge is 0.494 e. The fraction of sp³-hybridized carbons (Fsp3) is 0.409. The Morgan fingerprint density at radius 2 is 1.75 bits per heavy atom. The summed E-state index contributed by atoms with van der Waals surface area (Å²) in [6.07, 6.45) is -4.31. The molecule has 2 aliphatic heterocycles. The van der Waals surface area contributed by atoms with Crippen LogP contribution in [0.1, 0.15) is 38.8 Å². The predicted octanol–water partition coefficient (Wildman–Crippen LogP) is 4.74. The third-order valence-corrected chi connectivity index (χ3v) is 6.32. The molecule has 2 heterocycles. The second-order valence-electron chi connectivity index (χ2n) is 8.97. The summed E-state index contributed by atoms with van der Waals surface area (Å²) in [5.41, 5.74) is -0.633. The first kappa shape index (κ1) is 22.6. The topological polar surface area (TPSA) is 50.8 Å². The number of fused-ring (bicyclic) bond motifs is 1. The molecule has 170 valence electrons. The molecule has 0 unspecified atom stereocenters. The molecule has 0 bridgehead atoms. The van der Waals surface area contributed by atoms with Gasteiger partial charge in [-0.3, -0.25) is 4.90 Å². The highest BCUT2D eigenvalue weighted by molar-refractivity contribution is 6.62. The standard InChI is InChI=1S/C22H23BF4N2O3/c1-20(2)21(3,4)32-23(31-20)14-8-9-17-13(12-14)10-11-29(17)19(30)28-16-7-5-6-15(18(16)24)22(25,26)27/h5-9,12H,10-11H2,1-4H3,(H,28,30). The van der Waals surface area contributed by atoms with Crippen molar-refractivity contribution in [2.75, 3.05) is 16.8 Å².